The number of halogens is 3. The Hall–Kier alpha value is -2.85. The molecule has 4 rings (SSSR count). The largest absolute Gasteiger partial charge is 0.523 e. The molecule has 1 aromatic carbocycles. The Bertz CT molecular complexity index is 1260. The molecule has 1 heterocycles. The number of nitrogens with zero attached hydrogens (tertiary/aromatic N) is 2. The number of benzene rings is 1. The summed E-state index contributed by atoms with van der Waals surface area (Å²) in [4.78, 5) is 17.4. The van der Waals surface area contributed by atoms with Gasteiger partial charge in [-0.15, -0.1) is 13.2 Å². The third-order valence-electron chi connectivity index (χ3n) is 7.30. The van der Waals surface area contributed by atoms with Crippen LogP contribution >= 0.6 is 0 Å². The number of allylic oxidation sites excluding steroid dienone is 1. The molecule has 7 nitrogen and oxygen atoms in total. The molecule has 2 aromatic rings. The maximum absolute atomic E-state index is 12.9. The number of imidazole rings is 1. The minimum Gasteiger partial charge on any atom is -0.465 e. The summed E-state index contributed by atoms with van der Waals surface area (Å²) in [6, 6.07) is 3.77. The number of nitrogens with one attached hydrogen (secondary N) is 1. The Morgan fingerprint density at radius 1 is 1.21 bits per heavy atom. The van der Waals surface area contributed by atoms with Gasteiger partial charge in [-0.3, -0.25) is 4.74 Å². The summed E-state index contributed by atoms with van der Waals surface area (Å²) < 4.78 is 55.4. The van der Waals surface area contributed by atoms with Crippen LogP contribution in [0, 0.1) is 11.3 Å². The van der Waals surface area contributed by atoms with Crippen LogP contribution in [-0.2, 0) is 20.8 Å². The molecule has 0 aliphatic heterocycles. The van der Waals surface area contributed by atoms with Gasteiger partial charge < -0.3 is 19.4 Å². The van der Waals surface area contributed by atoms with E-state index < -0.39 is 17.9 Å². The first-order valence-electron chi connectivity index (χ1n) is 12.8. The van der Waals surface area contributed by atoms with Crippen molar-refractivity contribution in [3.05, 3.63) is 47.2 Å². The molecule has 0 spiro atoms. The van der Waals surface area contributed by atoms with Crippen molar-refractivity contribution in [2.24, 2.45) is 11.3 Å². The molecule has 38 heavy (non-hydrogen) atoms. The standard InChI is InChI=1S/C28H36F3N3O4/c1-17-11-20(15-26(2,3)14-17)34-23-12-18(16-36-5)21(24(35)37-6)13-22(23)33-25(34)32-19-7-9-27(4,10-8-19)38-28(29,30)31/h7-9,12-13,17,20H,10-11,14-16H2,1-6H3,(H,32,33)/t17-,20+,27?/m1/s1. The predicted molar refractivity (Wildman–Crippen MR) is 139 cm³/mol. The highest BCUT2D eigenvalue weighted by atomic mass is 19.4. The Morgan fingerprint density at radius 2 is 1.95 bits per heavy atom. The minimum absolute atomic E-state index is 0.0452. The van der Waals surface area contributed by atoms with Gasteiger partial charge >= 0.3 is 12.3 Å². The highest BCUT2D eigenvalue weighted by Gasteiger charge is 2.40. The van der Waals surface area contributed by atoms with Gasteiger partial charge in [-0.05, 0) is 61.3 Å². The molecule has 0 saturated heterocycles. The Labute approximate surface area is 221 Å². The number of hydrogen-bond acceptors (Lipinski definition) is 6. The van der Waals surface area contributed by atoms with Gasteiger partial charge in [-0.25, -0.2) is 9.78 Å². The second-order valence-electron chi connectivity index (χ2n) is 11.5. The van der Waals surface area contributed by atoms with E-state index in [1.807, 2.05) is 6.07 Å². The number of aromatic nitrogens is 2. The molecule has 10 heteroatoms. The number of rotatable bonds is 7. The lowest BCUT2D eigenvalue weighted by Gasteiger charge is -2.40. The zero-order valence-corrected chi connectivity index (χ0v) is 22.7. The number of anilines is 1. The van der Waals surface area contributed by atoms with E-state index in [0.29, 0.717) is 34.2 Å². The number of ether oxygens (including phenoxy) is 3. The molecule has 1 fully saturated rings. The van der Waals surface area contributed by atoms with E-state index in [2.05, 4.69) is 35.4 Å². The van der Waals surface area contributed by atoms with Crippen LogP contribution in [0.25, 0.3) is 11.0 Å². The van der Waals surface area contributed by atoms with E-state index in [1.54, 1.807) is 25.3 Å². The van der Waals surface area contributed by atoms with Crippen LogP contribution in [0.15, 0.2) is 36.1 Å². The summed E-state index contributed by atoms with van der Waals surface area (Å²) in [6.45, 7) is 8.41. The molecule has 208 valence electrons. The fraction of sp³-hybridized carbons (Fsp3) is 0.571. The van der Waals surface area contributed by atoms with Crippen LogP contribution in [0.5, 0.6) is 0 Å². The summed E-state index contributed by atoms with van der Waals surface area (Å²) in [5, 5.41) is 3.34. The molecule has 0 bridgehead atoms. The molecular formula is C28H36F3N3O4. The first-order chi connectivity index (χ1) is 17.7. The minimum atomic E-state index is -4.73. The van der Waals surface area contributed by atoms with Crippen molar-refractivity contribution in [1.82, 2.24) is 9.55 Å². The first-order valence-corrected chi connectivity index (χ1v) is 12.8. The maximum Gasteiger partial charge on any atom is 0.523 e. The van der Waals surface area contributed by atoms with E-state index in [1.165, 1.54) is 20.1 Å². The third kappa shape index (κ3) is 6.23. The van der Waals surface area contributed by atoms with E-state index in [0.717, 1.165) is 24.8 Å². The summed E-state index contributed by atoms with van der Waals surface area (Å²) in [7, 11) is 2.90. The Kier molecular flexibility index (Phi) is 7.69. The SMILES string of the molecule is COCc1cc2c(cc1C(=O)OC)nc(NC1=CCC(C)(OC(F)(F)F)C=C1)n2[C@H]1C[C@@H](C)CC(C)(C)C1. The van der Waals surface area contributed by atoms with Gasteiger partial charge in [0.15, 0.2) is 0 Å². The summed E-state index contributed by atoms with van der Waals surface area (Å²) in [5.74, 6) is 0.588. The van der Waals surface area contributed by atoms with Crippen LogP contribution < -0.4 is 5.32 Å². The summed E-state index contributed by atoms with van der Waals surface area (Å²) in [6.07, 6.45) is 3.00. The van der Waals surface area contributed by atoms with E-state index >= 15 is 0 Å². The van der Waals surface area contributed by atoms with E-state index in [9.17, 15) is 18.0 Å². The average Bonchev–Trinajstić information content (AvgIpc) is 3.14. The smallest absolute Gasteiger partial charge is 0.465 e. The van der Waals surface area contributed by atoms with Gasteiger partial charge in [0.2, 0.25) is 5.95 Å². The number of esters is 1. The Morgan fingerprint density at radius 3 is 2.53 bits per heavy atom. The van der Waals surface area contributed by atoms with Gasteiger partial charge in [0, 0.05) is 25.3 Å². The Balaban J connectivity index is 1.78. The highest BCUT2D eigenvalue weighted by Crippen LogP contribution is 2.46. The van der Waals surface area contributed by atoms with Gasteiger partial charge in [0.1, 0.15) is 0 Å². The number of carbonyl (C=O) groups is 1. The van der Waals surface area contributed by atoms with Gasteiger partial charge in [-0.1, -0.05) is 32.9 Å². The molecule has 1 saturated carbocycles. The second kappa shape index (κ2) is 10.4. The van der Waals surface area contributed by atoms with Crippen molar-refractivity contribution in [2.45, 2.75) is 78.0 Å². The second-order valence-corrected chi connectivity index (χ2v) is 11.5. The van der Waals surface area contributed by atoms with E-state index in [4.69, 9.17) is 14.5 Å². The molecule has 1 aromatic heterocycles. The van der Waals surface area contributed by atoms with Gasteiger partial charge in [0.25, 0.3) is 0 Å². The van der Waals surface area contributed by atoms with Crippen molar-refractivity contribution in [3.63, 3.8) is 0 Å². The van der Waals surface area contributed by atoms with Crippen molar-refractivity contribution in [1.29, 1.82) is 0 Å². The molecule has 1 N–H and O–H groups in total. The van der Waals surface area contributed by atoms with Crippen LogP contribution in [0.3, 0.4) is 0 Å². The molecule has 2 aliphatic rings. The lowest BCUT2D eigenvalue weighted by molar-refractivity contribution is -0.355. The quantitative estimate of drug-likeness (QED) is 0.389. The number of alkyl halides is 3. The van der Waals surface area contributed by atoms with Crippen molar-refractivity contribution in [2.75, 3.05) is 19.5 Å². The summed E-state index contributed by atoms with van der Waals surface area (Å²) in [5.41, 5.74) is 1.82. The lowest BCUT2D eigenvalue weighted by atomic mass is 9.70. The predicted octanol–water partition coefficient (Wildman–Crippen LogP) is 6.91. The maximum atomic E-state index is 12.9. The monoisotopic (exact) mass is 535 g/mol. The first kappa shape index (κ1) is 28.2. The molecule has 0 radical (unpaired) electrons. The third-order valence-corrected chi connectivity index (χ3v) is 7.30. The molecule has 1 unspecified atom stereocenters. The van der Waals surface area contributed by atoms with Crippen LogP contribution in [0.1, 0.15) is 75.3 Å². The topological polar surface area (TPSA) is 74.6 Å². The lowest BCUT2D eigenvalue weighted by Crippen LogP contribution is -2.34. The molecular weight excluding hydrogens is 499 g/mol. The van der Waals surface area contributed by atoms with Crippen LogP contribution in [0.4, 0.5) is 19.1 Å². The highest BCUT2D eigenvalue weighted by molar-refractivity contribution is 5.96. The zero-order valence-electron chi connectivity index (χ0n) is 22.7. The number of fused-ring (bicyclic) bond motifs is 1. The normalized spacial score (nSPS) is 25.3. The van der Waals surface area contributed by atoms with Gasteiger partial charge in [0.05, 0.1) is 35.9 Å². The number of methoxy groups -OCH3 is 2. The summed E-state index contributed by atoms with van der Waals surface area (Å²) >= 11 is 0. The molecule has 3 atom stereocenters. The van der Waals surface area contributed by atoms with Crippen molar-refractivity contribution >= 4 is 23.0 Å². The van der Waals surface area contributed by atoms with E-state index in [-0.39, 0.29) is 24.5 Å². The molecule has 0 amide bonds. The molecule has 2 aliphatic carbocycles. The number of hydrogen-bond donors (Lipinski definition) is 1. The average molecular weight is 536 g/mol. The van der Waals surface area contributed by atoms with Crippen LogP contribution in [0.2, 0.25) is 0 Å². The van der Waals surface area contributed by atoms with Crippen molar-refractivity contribution in [3.8, 4) is 0 Å². The fourth-order valence-corrected chi connectivity index (χ4v) is 5.99. The fourth-order valence-electron chi connectivity index (χ4n) is 5.99. The van der Waals surface area contributed by atoms with Gasteiger partial charge in [-0.2, -0.15) is 0 Å². The zero-order chi connectivity index (χ0) is 27.9. The van der Waals surface area contributed by atoms with Crippen LogP contribution in [-0.4, -0.2) is 41.7 Å². The van der Waals surface area contributed by atoms with Crippen molar-refractivity contribution < 1.29 is 32.2 Å². The number of carbonyl (C=O) groups excluding carboxylic acids is 1.